The van der Waals surface area contributed by atoms with Gasteiger partial charge in [-0.25, -0.2) is 0 Å². The summed E-state index contributed by atoms with van der Waals surface area (Å²) in [5.74, 6) is -0.231. The molecule has 0 heterocycles. The maximum absolute atomic E-state index is 13.0. The number of allylic oxidation sites excluding steroid dienone is 21. The number of phosphoric ester groups is 1. The topological polar surface area (TPSA) is 108 Å². The second kappa shape index (κ2) is 55.4. The van der Waals surface area contributed by atoms with Gasteiger partial charge in [-0.3, -0.25) is 9.36 Å². The summed E-state index contributed by atoms with van der Waals surface area (Å²) in [5, 5.41) is 13.9. The molecule has 3 atom stereocenters. The molecule has 0 radical (unpaired) electrons. The quantitative estimate of drug-likeness (QED) is 0.0272. The van der Waals surface area contributed by atoms with Crippen LogP contribution < -0.4 is 10.2 Å². The molecular formula is C66H113N2O6P. The van der Waals surface area contributed by atoms with Crippen molar-refractivity contribution in [3.63, 3.8) is 0 Å². The Balaban J connectivity index is 4.31. The van der Waals surface area contributed by atoms with E-state index in [1.54, 1.807) is 6.08 Å². The fourth-order valence-corrected chi connectivity index (χ4v) is 8.65. The highest BCUT2D eigenvalue weighted by Gasteiger charge is 2.23. The average Bonchev–Trinajstić information content (AvgIpc) is 3.37. The first-order valence-corrected chi connectivity index (χ1v) is 31.5. The summed E-state index contributed by atoms with van der Waals surface area (Å²) in [4.78, 5) is 25.5. The summed E-state index contributed by atoms with van der Waals surface area (Å²) >= 11 is 0. The lowest BCUT2D eigenvalue weighted by Gasteiger charge is -2.29. The summed E-state index contributed by atoms with van der Waals surface area (Å²) in [6.45, 7) is 4.49. The normalized spacial score (nSPS) is 14.8. The monoisotopic (exact) mass is 1060 g/mol. The van der Waals surface area contributed by atoms with E-state index in [1.165, 1.54) is 89.9 Å². The predicted molar refractivity (Wildman–Crippen MR) is 325 cm³/mol. The van der Waals surface area contributed by atoms with E-state index < -0.39 is 26.6 Å². The molecule has 0 fully saturated rings. The Kier molecular flexibility index (Phi) is 52.9. The van der Waals surface area contributed by atoms with Crippen LogP contribution in [0.3, 0.4) is 0 Å². The molecule has 0 aromatic carbocycles. The second-order valence-corrected chi connectivity index (χ2v) is 22.4. The minimum absolute atomic E-state index is 0.0178. The number of quaternary nitrogens is 1. The zero-order valence-corrected chi connectivity index (χ0v) is 49.6. The van der Waals surface area contributed by atoms with Crippen LogP contribution in [0.1, 0.15) is 226 Å². The summed E-state index contributed by atoms with van der Waals surface area (Å²) < 4.78 is 23.3. The van der Waals surface area contributed by atoms with Crippen molar-refractivity contribution in [2.75, 3.05) is 40.9 Å². The van der Waals surface area contributed by atoms with Crippen LogP contribution in [0.25, 0.3) is 0 Å². The number of nitrogens with zero attached hydrogens (tertiary/aromatic N) is 1. The van der Waals surface area contributed by atoms with Crippen molar-refractivity contribution in [2.45, 2.75) is 238 Å². The first-order valence-electron chi connectivity index (χ1n) is 30.0. The third-order valence-electron chi connectivity index (χ3n) is 12.6. The van der Waals surface area contributed by atoms with Crippen molar-refractivity contribution < 1.29 is 32.9 Å². The SMILES string of the molecule is CC/C=C\C/C=C\C/C=C\C/C=C\C/C=C\C/C=C\C/C=C\C/C=C\C/C=C\CCCCCCCC(=O)NC(COP(=O)([O-])OCC[N+](C)(C)C)C(O)/C=C/CC/C=C/CCCCCCCCCCCCCCCC. The minimum Gasteiger partial charge on any atom is -0.756 e. The lowest BCUT2D eigenvalue weighted by Crippen LogP contribution is -2.45. The van der Waals surface area contributed by atoms with Crippen LogP contribution in [0.2, 0.25) is 0 Å². The smallest absolute Gasteiger partial charge is 0.268 e. The first-order chi connectivity index (χ1) is 36.5. The van der Waals surface area contributed by atoms with Gasteiger partial charge in [0.05, 0.1) is 39.9 Å². The molecule has 3 unspecified atom stereocenters. The molecule has 9 heteroatoms. The molecule has 8 nitrogen and oxygen atoms in total. The summed E-state index contributed by atoms with van der Waals surface area (Å²) in [5.41, 5.74) is 0. The van der Waals surface area contributed by atoms with Gasteiger partial charge in [-0.05, 0) is 103 Å². The molecule has 0 saturated carbocycles. The molecule has 0 aliphatic heterocycles. The Morgan fingerprint density at radius 2 is 0.827 bits per heavy atom. The van der Waals surface area contributed by atoms with Crippen LogP contribution in [-0.4, -0.2) is 68.5 Å². The maximum atomic E-state index is 13.0. The van der Waals surface area contributed by atoms with Crippen molar-refractivity contribution in [2.24, 2.45) is 0 Å². The van der Waals surface area contributed by atoms with Gasteiger partial charge in [0.2, 0.25) is 5.91 Å². The van der Waals surface area contributed by atoms with Crippen molar-refractivity contribution in [1.82, 2.24) is 5.32 Å². The van der Waals surface area contributed by atoms with Gasteiger partial charge in [0.25, 0.3) is 7.82 Å². The Bertz CT molecular complexity index is 1680. The average molecular weight is 1060 g/mol. The first kappa shape index (κ1) is 71.6. The molecular weight excluding hydrogens is 948 g/mol. The Labute approximate surface area is 462 Å². The van der Waals surface area contributed by atoms with Crippen LogP contribution in [0.5, 0.6) is 0 Å². The van der Waals surface area contributed by atoms with E-state index in [0.717, 1.165) is 116 Å². The van der Waals surface area contributed by atoms with E-state index in [9.17, 15) is 19.4 Å². The van der Waals surface area contributed by atoms with Crippen molar-refractivity contribution >= 4 is 13.7 Å². The Morgan fingerprint density at radius 3 is 1.24 bits per heavy atom. The van der Waals surface area contributed by atoms with Crippen LogP contribution in [0.15, 0.2) is 134 Å². The molecule has 0 spiro atoms. The van der Waals surface area contributed by atoms with Gasteiger partial charge < -0.3 is 28.8 Å². The number of hydrogen-bond acceptors (Lipinski definition) is 6. The number of carbonyl (C=O) groups excluding carboxylic acids is 1. The molecule has 0 rings (SSSR count). The highest BCUT2D eigenvalue weighted by atomic mass is 31.2. The molecule has 0 saturated heterocycles. The molecule has 0 aliphatic carbocycles. The fourth-order valence-electron chi connectivity index (χ4n) is 7.93. The van der Waals surface area contributed by atoms with E-state index in [4.69, 9.17) is 9.05 Å². The number of amides is 1. The Hall–Kier alpha value is -3.36. The van der Waals surface area contributed by atoms with Gasteiger partial charge in [-0.2, -0.15) is 0 Å². The number of unbranched alkanes of at least 4 members (excludes halogenated alkanes) is 20. The van der Waals surface area contributed by atoms with E-state index >= 15 is 0 Å². The molecule has 0 aromatic heterocycles. The number of carbonyl (C=O) groups is 1. The minimum atomic E-state index is -4.62. The van der Waals surface area contributed by atoms with E-state index in [1.807, 2.05) is 27.2 Å². The molecule has 75 heavy (non-hydrogen) atoms. The zero-order chi connectivity index (χ0) is 54.9. The van der Waals surface area contributed by atoms with Gasteiger partial charge in [0.15, 0.2) is 0 Å². The number of rotatable bonds is 53. The standard InChI is InChI=1S/C66H113N2O6P/c1-6-8-10-12-14-16-18-20-22-24-26-28-29-30-31-32-33-34-35-36-37-38-39-40-42-44-46-48-50-52-54-56-58-60-66(70)67-64(63-74-75(71,72)73-62-61-68(3,4)5)65(69)59-57-55-53-51-49-47-45-43-41-27-25-23-21-19-17-15-13-11-9-7-2/h8,10,14,16,20,22,26,28,30-31,33-34,36-37,39-40,44,46,49,51,57,59,64-65,69H,6-7,9,11-13,15,17-19,21,23-25,27,29,32,35,38,41-43,45,47-48,50,52-56,58,60-63H2,1-5H3,(H-,67,70,71,72)/b10-8-,16-14-,22-20-,28-26-,31-30-,34-33-,37-36-,40-39-,46-44-,51-49+,59-57+. The lowest BCUT2D eigenvalue weighted by molar-refractivity contribution is -0.870. The molecule has 0 bridgehead atoms. The number of phosphoric acid groups is 1. The fraction of sp³-hybridized carbons (Fsp3) is 0.652. The lowest BCUT2D eigenvalue weighted by atomic mass is 10.0. The molecule has 428 valence electrons. The van der Waals surface area contributed by atoms with E-state index in [0.29, 0.717) is 17.4 Å². The number of aliphatic hydroxyl groups excluding tert-OH is 1. The van der Waals surface area contributed by atoms with Crippen molar-refractivity contribution in [1.29, 1.82) is 0 Å². The van der Waals surface area contributed by atoms with Crippen molar-refractivity contribution in [3.8, 4) is 0 Å². The number of likely N-dealkylation sites (N-methyl/N-ethyl adjacent to an activating group) is 1. The Morgan fingerprint density at radius 1 is 0.480 bits per heavy atom. The van der Waals surface area contributed by atoms with Crippen LogP contribution in [0.4, 0.5) is 0 Å². The third-order valence-corrected chi connectivity index (χ3v) is 13.6. The van der Waals surface area contributed by atoms with E-state index in [-0.39, 0.29) is 12.5 Å². The predicted octanol–water partition coefficient (Wildman–Crippen LogP) is 18.1. The van der Waals surface area contributed by atoms with Gasteiger partial charge in [0, 0.05) is 6.42 Å². The summed E-state index contributed by atoms with van der Waals surface area (Å²) in [7, 11) is 1.21. The highest BCUT2D eigenvalue weighted by molar-refractivity contribution is 7.45. The molecule has 0 aromatic rings. The summed E-state index contributed by atoms with van der Waals surface area (Å²) in [6, 6.07) is -0.925. The second-order valence-electron chi connectivity index (χ2n) is 21.0. The number of nitrogens with one attached hydrogen (secondary N) is 1. The number of hydrogen-bond donors (Lipinski definition) is 2. The summed E-state index contributed by atoms with van der Waals surface area (Å²) in [6.07, 6.45) is 83.9. The third kappa shape index (κ3) is 58.2. The molecule has 1 amide bonds. The number of aliphatic hydroxyl groups is 1. The van der Waals surface area contributed by atoms with Gasteiger partial charge in [-0.1, -0.05) is 250 Å². The van der Waals surface area contributed by atoms with Gasteiger partial charge in [-0.15, -0.1) is 0 Å². The highest BCUT2D eigenvalue weighted by Crippen LogP contribution is 2.38. The molecule has 2 N–H and O–H groups in total. The molecule has 0 aliphatic rings. The largest absolute Gasteiger partial charge is 0.756 e. The van der Waals surface area contributed by atoms with Gasteiger partial charge in [0.1, 0.15) is 13.2 Å². The van der Waals surface area contributed by atoms with Crippen LogP contribution >= 0.6 is 7.82 Å². The zero-order valence-electron chi connectivity index (χ0n) is 48.7. The van der Waals surface area contributed by atoms with Gasteiger partial charge >= 0.3 is 0 Å². The van der Waals surface area contributed by atoms with Crippen LogP contribution in [-0.2, 0) is 18.4 Å². The van der Waals surface area contributed by atoms with E-state index in [2.05, 4.69) is 141 Å². The maximum Gasteiger partial charge on any atom is 0.268 e. The van der Waals surface area contributed by atoms with Crippen molar-refractivity contribution in [3.05, 3.63) is 134 Å². The van der Waals surface area contributed by atoms with Crippen LogP contribution in [0, 0.1) is 0 Å².